The third-order valence-electron chi connectivity index (χ3n) is 2.70. The third kappa shape index (κ3) is 4.99. The number of ether oxygens (including phenoxy) is 1. The number of nitrogens with one attached hydrogen (secondary N) is 2. The number of hydrogen-bond donors (Lipinski definition) is 2. The number of carbonyl (C=O) groups excluding carboxylic acids is 1. The van der Waals surface area contributed by atoms with Crippen LogP contribution >= 0.6 is 34.8 Å². The number of benzene rings is 2. The maximum Gasteiger partial charge on any atom is 0.272 e. The Morgan fingerprint density at radius 1 is 1.04 bits per heavy atom. The molecule has 24 heavy (non-hydrogen) atoms. The zero-order valence-electron chi connectivity index (χ0n) is 11.9. The standard InChI is InChI=1S/C14H11Cl3N2O4S/c15-9-5-6-12(11(17)7-9)23-8-14(20)18-19-24(21,22)13-4-2-1-3-10(13)16/h1-7,19H,8H2,(H,18,20). The maximum atomic E-state index is 12.0. The molecule has 0 saturated heterocycles. The first-order chi connectivity index (χ1) is 11.3. The summed E-state index contributed by atoms with van der Waals surface area (Å²) >= 11 is 17.4. The van der Waals surface area contributed by atoms with Crippen LogP contribution in [0.4, 0.5) is 0 Å². The average molecular weight is 410 g/mol. The van der Waals surface area contributed by atoms with Gasteiger partial charge in [0.25, 0.3) is 15.9 Å². The molecule has 0 aliphatic heterocycles. The quantitative estimate of drug-likeness (QED) is 0.718. The van der Waals surface area contributed by atoms with Crippen molar-refractivity contribution in [2.45, 2.75) is 4.90 Å². The van der Waals surface area contributed by atoms with Crippen molar-refractivity contribution in [3.05, 3.63) is 57.5 Å². The van der Waals surface area contributed by atoms with Crippen LogP contribution in [0, 0.1) is 0 Å². The van der Waals surface area contributed by atoms with Crippen LogP contribution in [0.3, 0.4) is 0 Å². The van der Waals surface area contributed by atoms with Crippen LogP contribution in [-0.2, 0) is 14.8 Å². The van der Waals surface area contributed by atoms with Gasteiger partial charge in [0.15, 0.2) is 6.61 Å². The second-order valence-corrected chi connectivity index (χ2v) is 7.35. The molecular formula is C14H11Cl3N2O4S. The Balaban J connectivity index is 1.92. The lowest BCUT2D eigenvalue weighted by Gasteiger charge is -2.11. The summed E-state index contributed by atoms with van der Waals surface area (Å²) in [6, 6.07) is 10.3. The van der Waals surface area contributed by atoms with Crippen LogP contribution in [0.25, 0.3) is 0 Å². The summed E-state index contributed by atoms with van der Waals surface area (Å²) < 4.78 is 29.3. The second kappa shape index (κ2) is 8.04. The number of hydrogen-bond acceptors (Lipinski definition) is 4. The minimum absolute atomic E-state index is 0.0310. The number of carbonyl (C=O) groups is 1. The van der Waals surface area contributed by atoms with Crippen LogP contribution < -0.4 is 15.0 Å². The molecule has 0 atom stereocenters. The molecule has 2 aromatic rings. The van der Waals surface area contributed by atoms with Crippen molar-refractivity contribution in [1.82, 2.24) is 10.3 Å². The molecule has 0 radical (unpaired) electrons. The topological polar surface area (TPSA) is 84.5 Å². The normalized spacial score (nSPS) is 11.1. The van der Waals surface area contributed by atoms with E-state index in [4.69, 9.17) is 39.5 Å². The van der Waals surface area contributed by atoms with E-state index in [9.17, 15) is 13.2 Å². The Hall–Kier alpha value is -1.51. The molecule has 2 aromatic carbocycles. The van der Waals surface area contributed by atoms with E-state index in [-0.39, 0.29) is 20.7 Å². The molecule has 0 bridgehead atoms. The molecule has 10 heteroatoms. The Morgan fingerprint density at radius 2 is 1.75 bits per heavy atom. The summed E-state index contributed by atoms with van der Waals surface area (Å²) in [4.78, 5) is 13.5. The van der Waals surface area contributed by atoms with Gasteiger partial charge in [-0.05, 0) is 30.3 Å². The lowest BCUT2D eigenvalue weighted by molar-refractivity contribution is -0.123. The van der Waals surface area contributed by atoms with Crippen molar-refractivity contribution in [3.8, 4) is 5.75 Å². The number of rotatable bonds is 6. The highest BCUT2D eigenvalue weighted by Crippen LogP contribution is 2.27. The lowest BCUT2D eigenvalue weighted by atomic mass is 10.3. The monoisotopic (exact) mass is 408 g/mol. The molecule has 0 fully saturated rings. The van der Waals surface area contributed by atoms with E-state index in [1.807, 2.05) is 10.3 Å². The average Bonchev–Trinajstić information content (AvgIpc) is 2.52. The van der Waals surface area contributed by atoms with Crippen molar-refractivity contribution in [1.29, 1.82) is 0 Å². The Bertz CT molecular complexity index is 859. The van der Waals surface area contributed by atoms with Crippen LogP contribution in [0.1, 0.15) is 0 Å². The fourth-order valence-electron chi connectivity index (χ4n) is 1.61. The summed E-state index contributed by atoms with van der Waals surface area (Å²) in [6.45, 7) is -0.452. The summed E-state index contributed by atoms with van der Waals surface area (Å²) in [5, 5.41) is 0.680. The zero-order valence-corrected chi connectivity index (χ0v) is 15.0. The van der Waals surface area contributed by atoms with Gasteiger partial charge in [0.1, 0.15) is 10.6 Å². The number of sulfonamides is 1. The van der Waals surface area contributed by atoms with Gasteiger partial charge in [-0.3, -0.25) is 10.2 Å². The first-order valence-electron chi connectivity index (χ1n) is 6.42. The molecule has 128 valence electrons. The first kappa shape index (κ1) is 18.8. The molecule has 2 rings (SSSR count). The van der Waals surface area contributed by atoms with Gasteiger partial charge in [0.2, 0.25) is 0 Å². The van der Waals surface area contributed by atoms with E-state index >= 15 is 0 Å². The maximum absolute atomic E-state index is 12.0. The fourth-order valence-corrected chi connectivity index (χ4v) is 3.46. The largest absolute Gasteiger partial charge is 0.482 e. The number of halogens is 3. The predicted molar refractivity (Wildman–Crippen MR) is 91.9 cm³/mol. The summed E-state index contributed by atoms with van der Waals surface area (Å²) in [6.07, 6.45) is 0. The number of hydrazine groups is 1. The summed E-state index contributed by atoms with van der Waals surface area (Å²) in [5.74, 6) is -0.484. The van der Waals surface area contributed by atoms with Gasteiger partial charge in [0, 0.05) is 5.02 Å². The van der Waals surface area contributed by atoms with Gasteiger partial charge in [0.05, 0.1) is 10.0 Å². The van der Waals surface area contributed by atoms with Gasteiger partial charge in [-0.15, -0.1) is 4.83 Å². The summed E-state index contributed by atoms with van der Waals surface area (Å²) in [5.41, 5.74) is 2.02. The zero-order chi connectivity index (χ0) is 17.7. The van der Waals surface area contributed by atoms with E-state index < -0.39 is 22.5 Å². The number of amides is 1. The SMILES string of the molecule is O=C(COc1ccc(Cl)cc1Cl)NNS(=O)(=O)c1ccccc1Cl. The van der Waals surface area contributed by atoms with Crippen molar-refractivity contribution < 1.29 is 17.9 Å². The predicted octanol–water partition coefficient (Wildman–Crippen LogP) is 3.04. The van der Waals surface area contributed by atoms with Gasteiger partial charge >= 0.3 is 0 Å². The molecule has 0 aromatic heterocycles. The van der Waals surface area contributed by atoms with E-state index in [2.05, 4.69) is 0 Å². The molecule has 0 aliphatic carbocycles. The van der Waals surface area contributed by atoms with Gasteiger partial charge in [-0.2, -0.15) is 0 Å². The van der Waals surface area contributed by atoms with Gasteiger partial charge in [-0.25, -0.2) is 8.42 Å². The highest BCUT2D eigenvalue weighted by Gasteiger charge is 2.18. The molecule has 6 nitrogen and oxygen atoms in total. The van der Waals surface area contributed by atoms with Crippen LogP contribution in [0.2, 0.25) is 15.1 Å². The molecule has 0 heterocycles. The van der Waals surface area contributed by atoms with Gasteiger partial charge in [-0.1, -0.05) is 46.9 Å². The van der Waals surface area contributed by atoms with Crippen molar-refractivity contribution >= 4 is 50.7 Å². The molecule has 0 spiro atoms. The van der Waals surface area contributed by atoms with Crippen LogP contribution in [0.15, 0.2) is 47.4 Å². The van der Waals surface area contributed by atoms with Crippen LogP contribution in [0.5, 0.6) is 5.75 Å². The molecule has 0 saturated carbocycles. The highest BCUT2D eigenvalue weighted by molar-refractivity contribution is 7.89. The molecular weight excluding hydrogens is 399 g/mol. The lowest BCUT2D eigenvalue weighted by Crippen LogP contribution is -2.43. The second-order valence-electron chi connectivity index (χ2n) is 4.45. The third-order valence-corrected chi connectivity index (χ3v) is 4.98. The van der Waals surface area contributed by atoms with Crippen molar-refractivity contribution in [2.75, 3.05) is 6.61 Å². The first-order valence-corrected chi connectivity index (χ1v) is 9.04. The van der Waals surface area contributed by atoms with Crippen molar-refractivity contribution in [3.63, 3.8) is 0 Å². The highest BCUT2D eigenvalue weighted by atomic mass is 35.5. The van der Waals surface area contributed by atoms with Gasteiger partial charge < -0.3 is 4.74 Å². The summed E-state index contributed by atoms with van der Waals surface area (Å²) in [7, 11) is -4.00. The Morgan fingerprint density at radius 3 is 2.42 bits per heavy atom. The minimum atomic E-state index is -4.00. The molecule has 0 aliphatic rings. The van der Waals surface area contributed by atoms with E-state index in [0.29, 0.717) is 5.02 Å². The smallest absolute Gasteiger partial charge is 0.272 e. The Labute approximate surface area is 153 Å². The Kier molecular flexibility index (Phi) is 6.31. The van der Waals surface area contributed by atoms with E-state index in [1.54, 1.807) is 12.1 Å². The minimum Gasteiger partial charge on any atom is -0.482 e. The molecule has 0 unspecified atom stereocenters. The molecule has 2 N–H and O–H groups in total. The van der Waals surface area contributed by atoms with Crippen molar-refractivity contribution in [2.24, 2.45) is 0 Å². The van der Waals surface area contributed by atoms with E-state index in [0.717, 1.165) is 0 Å². The van der Waals surface area contributed by atoms with E-state index in [1.165, 1.54) is 30.3 Å². The fraction of sp³-hybridized carbons (Fsp3) is 0.0714. The molecule has 1 amide bonds. The van der Waals surface area contributed by atoms with Crippen LogP contribution in [-0.4, -0.2) is 20.9 Å².